The van der Waals surface area contributed by atoms with Gasteiger partial charge in [0, 0.05) is 18.3 Å². The van der Waals surface area contributed by atoms with Gasteiger partial charge in [0.1, 0.15) is 0 Å². The molecule has 10 heavy (non-hydrogen) atoms. The van der Waals surface area contributed by atoms with Crippen molar-refractivity contribution in [2.75, 3.05) is 0 Å². The highest BCUT2D eigenvalue weighted by molar-refractivity contribution is 5.77. The van der Waals surface area contributed by atoms with Gasteiger partial charge in [-0.1, -0.05) is 5.16 Å². The van der Waals surface area contributed by atoms with E-state index in [2.05, 4.69) is 10.3 Å². The summed E-state index contributed by atoms with van der Waals surface area (Å²) in [5, 5.41) is 15.0. The highest BCUT2D eigenvalue weighted by Gasteiger charge is 1.91. The average Bonchev–Trinajstić information content (AvgIpc) is 2.37. The fraction of sp³-hybridized carbons (Fsp3) is 0.333. The highest BCUT2D eigenvalue weighted by atomic mass is 16.4. The lowest BCUT2D eigenvalue weighted by Gasteiger charge is -1.88. The molecule has 54 valence electrons. The Labute approximate surface area is 58.8 Å². The van der Waals surface area contributed by atoms with Gasteiger partial charge in [0.05, 0.1) is 12.4 Å². The number of hydrogen-bond acceptors (Lipinski definition) is 3. The molecule has 0 aliphatic rings. The predicted molar refractivity (Wildman–Crippen MR) is 37.3 cm³/mol. The lowest BCUT2D eigenvalue weighted by Crippen LogP contribution is -1.92. The molecule has 4 heteroatoms. The van der Waals surface area contributed by atoms with Gasteiger partial charge in [-0.05, 0) is 6.92 Å². The first kappa shape index (κ1) is 6.80. The summed E-state index contributed by atoms with van der Waals surface area (Å²) >= 11 is 0. The van der Waals surface area contributed by atoms with Crippen molar-refractivity contribution in [1.82, 2.24) is 9.78 Å². The zero-order chi connectivity index (χ0) is 7.40. The van der Waals surface area contributed by atoms with Gasteiger partial charge in [0.25, 0.3) is 0 Å². The number of rotatable bonds is 2. The maximum atomic E-state index is 8.13. The van der Waals surface area contributed by atoms with Gasteiger partial charge >= 0.3 is 0 Å². The predicted octanol–water partition coefficient (Wildman–Crippen LogP) is 0.711. The summed E-state index contributed by atoms with van der Waals surface area (Å²) in [5.41, 5.74) is 0.810. The largest absolute Gasteiger partial charge is 0.411 e. The number of oxime groups is 1. The van der Waals surface area contributed by atoms with E-state index in [1.807, 2.05) is 6.92 Å². The Morgan fingerprint density at radius 3 is 3.20 bits per heavy atom. The van der Waals surface area contributed by atoms with E-state index in [4.69, 9.17) is 5.21 Å². The van der Waals surface area contributed by atoms with Gasteiger partial charge in [0.2, 0.25) is 0 Å². The van der Waals surface area contributed by atoms with Crippen molar-refractivity contribution in [2.24, 2.45) is 5.16 Å². The quantitative estimate of drug-likeness (QED) is 0.372. The minimum atomic E-state index is 0.810. The van der Waals surface area contributed by atoms with Crippen LogP contribution in [-0.2, 0) is 6.54 Å². The van der Waals surface area contributed by atoms with Crippen molar-refractivity contribution in [3.63, 3.8) is 0 Å². The Balaban J connectivity index is 2.78. The van der Waals surface area contributed by atoms with Gasteiger partial charge in [-0.25, -0.2) is 0 Å². The van der Waals surface area contributed by atoms with Gasteiger partial charge in [0.15, 0.2) is 0 Å². The lowest BCUT2D eigenvalue weighted by molar-refractivity contribution is 0.322. The fourth-order valence-corrected chi connectivity index (χ4v) is 0.686. The Morgan fingerprint density at radius 2 is 2.70 bits per heavy atom. The summed E-state index contributed by atoms with van der Waals surface area (Å²) in [6.07, 6.45) is 4.79. The Kier molecular flexibility index (Phi) is 2.04. The molecule has 0 radical (unpaired) electrons. The molecule has 0 atom stereocenters. The van der Waals surface area contributed by atoms with Crippen molar-refractivity contribution in [1.29, 1.82) is 0 Å². The minimum absolute atomic E-state index is 0.810. The Hall–Kier alpha value is -1.32. The molecule has 0 saturated carbocycles. The minimum Gasteiger partial charge on any atom is -0.411 e. The summed E-state index contributed by atoms with van der Waals surface area (Å²) in [4.78, 5) is 0. The molecule has 1 rings (SSSR count). The number of hydrogen-bond donors (Lipinski definition) is 1. The number of nitrogens with zero attached hydrogens (tertiary/aromatic N) is 3. The van der Waals surface area contributed by atoms with Crippen LogP contribution in [0.4, 0.5) is 0 Å². The molecule has 4 nitrogen and oxygen atoms in total. The first-order valence-electron chi connectivity index (χ1n) is 3.06. The third kappa shape index (κ3) is 1.34. The van der Waals surface area contributed by atoms with Crippen molar-refractivity contribution >= 4 is 6.21 Å². The van der Waals surface area contributed by atoms with E-state index >= 15 is 0 Å². The van der Waals surface area contributed by atoms with Crippen molar-refractivity contribution in [2.45, 2.75) is 13.5 Å². The van der Waals surface area contributed by atoms with Crippen molar-refractivity contribution < 1.29 is 5.21 Å². The summed E-state index contributed by atoms with van der Waals surface area (Å²) in [7, 11) is 0. The second kappa shape index (κ2) is 3.00. The zero-order valence-corrected chi connectivity index (χ0v) is 5.73. The smallest absolute Gasteiger partial charge is 0.0765 e. The van der Waals surface area contributed by atoms with E-state index in [-0.39, 0.29) is 0 Å². The Bertz CT molecular complexity index is 229. The van der Waals surface area contributed by atoms with Gasteiger partial charge < -0.3 is 5.21 Å². The summed E-state index contributed by atoms with van der Waals surface area (Å²) < 4.78 is 1.76. The van der Waals surface area contributed by atoms with Gasteiger partial charge in [-0.2, -0.15) is 5.10 Å². The normalized spacial score (nSPS) is 10.9. The highest BCUT2D eigenvalue weighted by Crippen LogP contribution is 1.92. The standard InChI is InChI=1S/C6H9N3O/c1-2-9-5-6(3-7-9)4-8-10/h3-5,10H,2H2,1H3/b8-4-. The molecule has 0 aliphatic heterocycles. The van der Waals surface area contributed by atoms with Crippen LogP contribution in [0.25, 0.3) is 0 Å². The molecule has 0 spiro atoms. The van der Waals surface area contributed by atoms with Crippen LogP contribution >= 0.6 is 0 Å². The maximum absolute atomic E-state index is 8.13. The van der Waals surface area contributed by atoms with Gasteiger partial charge in [-0.15, -0.1) is 0 Å². The van der Waals surface area contributed by atoms with Crippen molar-refractivity contribution in [3.05, 3.63) is 18.0 Å². The fourth-order valence-electron chi connectivity index (χ4n) is 0.686. The first-order valence-corrected chi connectivity index (χ1v) is 3.06. The Morgan fingerprint density at radius 1 is 1.90 bits per heavy atom. The molecular weight excluding hydrogens is 130 g/mol. The van der Waals surface area contributed by atoms with E-state index < -0.39 is 0 Å². The zero-order valence-electron chi connectivity index (χ0n) is 5.73. The molecule has 0 aromatic carbocycles. The molecule has 1 N–H and O–H groups in total. The number of aryl methyl sites for hydroxylation is 1. The topological polar surface area (TPSA) is 50.4 Å². The molecule has 0 saturated heterocycles. The molecule has 1 aromatic rings. The summed E-state index contributed by atoms with van der Waals surface area (Å²) in [5.74, 6) is 0. The van der Waals surface area contributed by atoms with Crippen molar-refractivity contribution in [3.8, 4) is 0 Å². The average molecular weight is 139 g/mol. The molecule has 0 fully saturated rings. The van der Waals surface area contributed by atoms with Crippen LogP contribution in [0, 0.1) is 0 Å². The van der Waals surface area contributed by atoms with Gasteiger partial charge in [-0.3, -0.25) is 4.68 Å². The van der Waals surface area contributed by atoms with Crippen LogP contribution in [0.1, 0.15) is 12.5 Å². The van der Waals surface area contributed by atoms with E-state index in [9.17, 15) is 0 Å². The number of aromatic nitrogens is 2. The molecular formula is C6H9N3O. The molecule has 0 unspecified atom stereocenters. The molecule has 0 bridgehead atoms. The van der Waals surface area contributed by atoms with E-state index in [0.29, 0.717) is 0 Å². The molecule has 0 aliphatic carbocycles. The molecule has 1 heterocycles. The van der Waals surface area contributed by atoms with E-state index in [1.165, 1.54) is 6.21 Å². The SMILES string of the molecule is CCn1cc(/C=N\O)cn1. The van der Waals surface area contributed by atoms with Crippen LogP contribution in [0.5, 0.6) is 0 Å². The summed E-state index contributed by atoms with van der Waals surface area (Å²) in [6, 6.07) is 0. The third-order valence-corrected chi connectivity index (χ3v) is 1.18. The monoisotopic (exact) mass is 139 g/mol. The second-order valence-corrected chi connectivity index (χ2v) is 1.87. The van der Waals surface area contributed by atoms with Crippen LogP contribution in [0.15, 0.2) is 17.5 Å². The van der Waals surface area contributed by atoms with E-state index in [0.717, 1.165) is 12.1 Å². The van der Waals surface area contributed by atoms with Crippen LogP contribution in [0.2, 0.25) is 0 Å². The lowest BCUT2D eigenvalue weighted by atomic mass is 10.4. The van der Waals surface area contributed by atoms with Crippen LogP contribution in [0.3, 0.4) is 0 Å². The first-order chi connectivity index (χ1) is 4.86. The van der Waals surface area contributed by atoms with Crippen LogP contribution in [-0.4, -0.2) is 21.2 Å². The molecule has 0 amide bonds. The second-order valence-electron chi connectivity index (χ2n) is 1.87. The molecule has 1 aromatic heterocycles. The summed E-state index contributed by atoms with van der Waals surface area (Å²) in [6.45, 7) is 2.83. The third-order valence-electron chi connectivity index (χ3n) is 1.18. The van der Waals surface area contributed by atoms with E-state index in [1.54, 1.807) is 17.1 Å². The van der Waals surface area contributed by atoms with Crippen LogP contribution < -0.4 is 0 Å². The maximum Gasteiger partial charge on any atom is 0.0765 e.